The lowest BCUT2D eigenvalue weighted by Crippen LogP contribution is -2.35. The van der Waals surface area contributed by atoms with Crippen LogP contribution in [0.1, 0.15) is 0 Å². The standard InChI is InChI=1S/C16H18FN3O5S2/c1-18-26(22,23)14-9-5-13(6-10-14)19-16(21)11-20(2)27(24,25)15-7-3-12(17)4-8-15/h3-10,18H,11H2,1-2H3,(H,19,21). The summed E-state index contributed by atoms with van der Waals surface area (Å²) < 4.78 is 64.0. The Kier molecular flexibility index (Phi) is 6.31. The molecule has 0 saturated heterocycles. The summed E-state index contributed by atoms with van der Waals surface area (Å²) in [5, 5.41) is 2.48. The maximum absolute atomic E-state index is 12.9. The minimum absolute atomic E-state index is 0.0269. The van der Waals surface area contributed by atoms with E-state index in [4.69, 9.17) is 0 Å². The van der Waals surface area contributed by atoms with Gasteiger partial charge in [-0.05, 0) is 55.6 Å². The minimum atomic E-state index is -3.95. The third-order valence-corrected chi connectivity index (χ3v) is 6.85. The van der Waals surface area contributed by atoms with Crippen LogP contribution in [0.25, 0.3) is 0 Å². The van der Waals surface area contributed by atoms with Gasteiger partial charge in [0.1, 0.15) is 5.82 Å². The van der Waals surface area contributed by atoms with Crippen LogP contribution < -0.4 is 10.0 Å². The molecule has 0 fully saturated rings. The summed E-state index contributed by atoms with van der Waals surface area (Å²) in [5.74, 6) is -1.19. The van der Waals surface area contributed by atoms with E-state index < -0.39 is 38.3 Å². The Morgan fingerprint density at radius 3 is 2.00 bits per heavy atom. The van der Waals surface area contributed by atoms with E-state index >= 15 is 0 Å². The molecule has 8 nitrogen and oxygen atoms in total. The highest BCUT2D eigenvalue weighted by molar-refractivity contribution is 7.89. The van der Waals surface area contributed by atoms with E-state index in [2.05, 4.69) is 10.0 Å². The highest BCUT2D eigenvalue weighted by Gasteiger charge is 2.23. The molecular formula is C16H18FN3O5S2. The second-order valence-electron chi connectivity index (χ2n) is 5.50. The average Bonchev–Trinajstić information content (AvgIpc) is 2.62. The number of amides is 1. The molecule has 11 heteroatoms. The van der Waals surface area contributed by atoms with E-state index in [0.29, 0.717) is 5.69 Å². The van der Waals surface area contributed by atoms with Crippen LogP contribution in [0.15, 0.2) is 58.3 Å². The molecule has 0 aliphatic carbocycles. The Labute approximate surface area is 157 Å². The van der Waals surface area contributed by atoms with Gasteiger partial charge in [0.15, 0.2) is 0 Å². The molecule has 0 unspecified atom stereocenters. The number of hydrogen-bond donors (Lipinski definition) is 2. The molecule has 2 aromatic rings. The molecule has 146 valence electrons. The number of nitrogens with zero attached hydrogens (tertiary/aromatic N) is 1. The van der Waals surface area contributed by atoms with Gasteiger partial charge in [0.25, 0.3) is 0 Å². The normalized spacial score (nSPS) is 12.1. The fourth-order valence-electron chi connectivity index (χ4n) is 2.11. The quantitative estimate of drug-likeness (QED) is 0.700. The molecule has 0 saturated carbocycles. The molecule has 0 aliphatic rings. The van der Waals surface area contributed by atoms with Gasteiger partial charge in [0.05, 0.1) is 16.3 Å². The molecule has 0 bridgehead atoms. The summed E-state index contributed by atoms with van der Waals surface area (Å²) >= 11 is 0. The highest BCUT2D eigenvalue weighted by Crippen LogP contribution is 2.16. The monoisotopic (exact) mass is 415 g/mol. The van der Waals surface area contributed by atoms with Crippen molar-refractivity contribution in [1.82, 2.24) is 9.03 Å². The number of hydrogen-bond acceptors (Lipinski definition) is 5. The molecule has 0 aromatic heterocycles. The number of benzene rings is 2. The van der Waals surface area contributed by atoms with Crippen molar-refractivity contribution in [2.75, 3.05) is 26.0 Å². The van der Waals surface area contributed by atoms with Gasteiger partial charge in [0.2, 0.25) is 26.0 Å². The van der Waals surface area contributed by atoms with Gasteiger partial charge in [-0.1, -0.05) is 0 Å². The molecule has 2 rings (SSSR count). The number of carbonyl (C=O) groups is 1. The molecule has 0 aliphatic heterocycles. The van der Waals surface area contributed by atoms with Gasteiger partial charge < -0.3 is 5.32 Å². The lowest BCUT2D eigenvalue weighted by molar-refractivity contribution is -0.116. The van der Waals surface area contributed by atoms with Gasteiger partial charge in [-0.3, -0.25) is 4.79 Å². The summed E-state index contributed by atoms with van der Waals surface area (Å²) in [5.41, 5.74) is 0.308. The summed E-state index contributed by atoms with van der Waals surface area (Å²) in [6, 6.07) is 9.64. The molecule has 2 N–H and O–H groups in total. The molecule has 0 heterocycles. The second kappa shape index (κ2) is 8.13. The Morgan fingerprint density at radius 2 is 1.48 bits per heavy atom. The predicted molar refractivity (Wildman–Crippen MR) is 97.5 cm³/mol. The molecule has 1 amide bonds. The van der Waals surface area contributed by atoms with Crippen LogP contribution in [0.5, 0.6) is 0 Å². The van der Waals surface area contributed by atoms with Crippen LogP contribution in [0, 0.1) is 5.82 Å². The predicted octanol–water partition coefficient (Wildman–Crippen LogP) is 0.993. The first kappa shape index (κ1) is 21.0. The van der Waals surface area contributed by atoms with Gasteiger partial charge in [0, 0.05) is 12.7 Å². The number of rotatable bonds is 7. The lowest BCUT2D eigenvalue weighted by Gasteiger charge is -2.17. The van der Waals surface area contributed by atoms with Gasteiger partial charge >= 0.3 is 0 Å². The van der Waals surface area contributed by atoms with E-state index in [9.17, 15) is 26.0 Å². The SMILES string of the molecule is CNS(=O)(=O)c1ccc(NC(=O)CN(C)S(=O)(=O)c2ccc(F)cc2)cc1. The summed E-state index contributed by atoms with van der Waals surface area (Å²) in [6.07, 6.45) is 0. The van der Waals surface area contributed by atoms with E-state index in [1.807, 2.05) is 0 Å². The molecule has 0 atom stereocenters. The Hall–Kier alpha value is -2.34. The van der Waals surface area contributed by atoms with Crippen molar-refractivity contribution in [3.63, 3.8) is 0 Å². The van der Waals surface area contributed by atoms with E-state index in [1.54, 1.807) is 0 Å². The van der Waals surface area contributed by atoms with Crippen molar-refractivity contribution in [3.05, 3.63) is 54.3 Å². The van der Waals surface area contributed by atoms with Crippen LogP contribution in [-0.4, -0.2) is 47.7 Å². The number of anilines is 1. The summed E-state index contributed by atoms with van der Waals surface area (Å²) in [6.45, 7) is -0.476. The van der Waals surface area contributed by atoms with Crippen molar-refractivity contribution < 1.29 is 26.0 Å². The Balaban J connectivity index is 2.05. The first-order valence-electron chi connectivity index (χ1n) is 7.61. The number of nitrogens with one attached hydrogen (secondary N) is 2. The first-order chi connectivity index (χ1) is 12.6. The van der Waals surface area contributed by atoms with Gasteiger partial charge in [-0.2, -0.15) is 4.31 Å². The number of carbonyl (C=O) groups excluding carboxylic acids is 1. The maximum Gasteiger partial charge on any atom is 0.243 e. The van der Waals surface area contributed by atoms with Crippen LogP contribution in [0.3, 0.4) is 0 Å². The molecule has 2 aromatic carbocycles. The molecule has 0 radical (unpaired) electrons. The molecule has 27 heavy (non-hydrogen) atoms. The van der Waals surface area contributed by atoms with E-state index in [-0.39, 0.29) is 9.79 Å². The van der Waals surface area contributed by atoms with Gasteiger partial charge in [-0.15, -0.1) is 0 Å². The minimum Gasteiger partial charge on any atom is -0.325 e. The zero-order chi connectivity index (χ0) is 20.2. The Bertz CT molecular complexity index is 1020. The Morgan fingerprint density at radius 1 is 0.963 bits per heavy atom. The van der Waals surface area contributed by atoms with Crippen molar-refractivity contribution >= 4 is 31.6 Å². The highest BCUT2D eigenvalue weighted by atomic mass is 32.2. The van der Waals surface area contributed by atoms with Crippen LogP contribution in [-0.2, 0) is 24.8 Å². The fraction of sp³-hybridized carbons (Fsp3) is 0.188. The lowest BCUT2D eigenvalue weighted by atomic mass is 10.3. The van der Waals surface area contributed by atoms with Crippen LogP contribution in [0.2, 0.25) is 0 Å². The third-order valence-electron chi connectivity index (χ3n) is 3.61. The third kappa shape index (κ3) is 5.10. The van der Waals surface area contributed by atoms with Crippen LogP contribution >= 0.6 is 0 Å². The largest absolute Gasteiger partial charge is 0.325 e. The van der Waals surface area contributed by atoms with Crippen molar-refractivity contribution in [1.29, 1.82) is 0 Å². The molecular weight excluding hydrogens is 397 g/mol. The fourth-order valence-corrected chi connectivity index (χ4v) is 3.97. The average molecular weight is 415 g/mol. The second-order valence-corrected chi connectivity index (χ2v) is 9.43. The summed E-state index contributed by atoms with van der Waals surface area (Å²) in [7, 11) is -5.04. The van der Waals surface area contributed by atoms with Gasteiger partial charge in [-0.25, -0.2) is 25.9 Å². The van der Waals surface area contributed by atoms with Crippen molar-refractivity contribution in [3.8, 4) is 0 Å². The topological polar surface area (TPSA) is 113 Å². The first-order valence-corrected chi connectivity index (χ1v) is 10.5. The maximum atomic E-state index is 12.9. The number of likely N-dealkylation sites (N-methyl/N-ethyl adjacent to an activating group) is 1. The van der Waals surface area contributed by atoms with Crippen molar-refractivity contribution in [2.45, 2.75) is 9.79 Å². The number of halogens is 1. The zero-order valence-corrected chi connectivity index (χ0v) is 16.1. The summed E-state index contributed by atoms with van der Waals surface area (Å²) in [4.78, 5) is 12.0. The van der Waals surface area contributed by atoms with E-state index in [1.165, 1.54) is 38.4 Å². The smallest absolute Gasteiger partial charge is 0.243 e. The zero-order valence-electron chi connectivity index (χ0n) is 14.5. The number of sulfonamides is 2. The van der Waals surface area contributed by atoms with E-state index in [0.717, 1.165) is 28.6 Å². The van der Waals surface area contributed by atoms with Crippen LogP contribution in [0.4, 0.5) is 10.1 Å². The van der Waals surface area contributed by atoms with Crippen molar-refractivity contribution in [2.24, 2.45) is 0 Å². The molecule has 0 spiro atoms.